The first-order chi connectivity index (χ1) is 8.70. The Hall–Kier alpha value is -2.06. The van der Waals surface area contributed by atoms with Crippen molar-refractivity contribution in [3.63, 3.8) is 0 Å². The van der Waals surface area contributed by atoms with Gasteiger partial charge in [0.05, 0.1) is 19.3 Å². The molecule has 3 rings (SSSR count). The Labute approximate surface area is 99.6 Å². The van der Waals surface area contributed by atoms with Crippen LogP contribution in [0.3, 0.4) is 0 Å². The van der Waals surface area contributed by atoms with E-state index in [0.717, 1.165) is 0 Å². The van der Waals surface area contributed by atoms with Crippen molar-refractivity contribution in [3.8, 4) is 0 Å². The molecule has 0 amide bonds. The molecule has 0 saturated heterocycles. The van der Waals surface area contributed by atoms with Crippen LogP contribution in [-0.4, -0.2) is 37.3 Å². The number of aliphatic hydroxyl groups excluding tert-OH is 1. The third-order valence-electron chi connectivity index (χ3n) is 2.68. The van der Waals surface area contributed by atoms with Gasteiger partial charge in [-0.25, -0.2) is 14.4 Å². The highest BCUT2D eigenvalue weighted by molar-refractivity contribution is 5.69. The summed E-state index contributed by atoms with van der Waals surface area (Å²) >= 11 is 0. The molecule has 1 aliphatic heterocycles. The van der Waals surface area contributed by atoms with E-state index in [1.807, 2.05) is 0 Å². The lowest BCUT2D eigenvalue weighted by atomic mass is 10.3. The fourth-order valence-electron chi connectivity index (χ4n) is 1.86. The molecule has 0 spiro atoms. The van der Waals surface area contributed by atoms with Crippen molar-refractivity contribution in [1.82, 2.24) is 19.5 Å². The van der Waals surface area contributed by atoms with Crippen LogP contribution in [0, 0.1) is 0 Å². The van der Waals surface area contributed by atoms with Gasteiger partial charge in [0, 0.05) is 0 Å². The Morgan fingerprint density at radius 1 is 1.56 bits per heavy atom. The number of nitrogens with one attached hydrogen (secondary N) is 1. The van der Waals surface area contributed by atoms with Gasteiger partial charge in [0.25, 0.3) is 5.56 Å². The van der Waals surface area contributed by atoms with Crippen LogP contribution in [0.4, 0.5) is 4.39 Å². The molecule has 0 fully saturated rings. The molecule has 0 bridgehead atoms. The number of aromatic nitrogens is 4. The minimum absolute atomic E-state index is 0.112. The second-order valence-electron chi connectivity index (χ2n) is 3.82. The number of nitrogens with zero attached hydrogens (tertiary/aromatic N) is 3. The molecule has 0 aromatic carbocycles. The standard InChI is InChI=1S/C10H9FN4O3/c11-6-1-5(2-16)18-10(6)15-4-14-7-8(15)12-3-13-9(7)17/h1,3-5,10,16H,2H2,(H,12,13,17)/t5-,10+/m0/s1. The topological polar surface area (TPSA) is 93.0 Å². The summed E-state index contributed by atoms with van der Waals surface area (Å²) in [5.74, 6) is -0.546. The zero-order valence-corrected chi connectivity index (χ0v) is 9.08. The van der Waals surface area contributed by atoms with Crippen molar-refractivity contribution in [1.29, 1.82) is 0 Å². The van der Waals surface area contributed by atoms with Gasteiger partial charge in [0.15, 0.2) is 17.4 Å². The van der Waals surface area contributed by atoms with Crippen LogP contribution < -0.4 is 5.56 Å². The Morgan fingerprint density at radius 2 is 2.39 bits per heavy atom. The van der Waals surface area contributed by atoms with Crippen LogP contribution in [0.5, 0.6) is 0 Å². The maximum absolute atomic E-state index is 13.7. The molecule has 2 N–H and O–H groups in total. The molecule has 2 atom stereocenters. The van der Waals surface area contributed by atoms with Gasteiger partial charge in [0.2, 0.25) is 0 Å². The summed E-state index contributed by atoms with van der Waals surface area (Å²) in [7, 11) is 0. The van der Waals surface area contributed by atoms with E-state index in [2.05, 4.69) is 15.0 Å². The number of aliphatic hydroxyl groups is 1. The summed E-state index contributed by atoms with van der Waals surface area (Å²) in [4.78, 5) is 21.6. The highest BCUT2D eigenvalue weighted by Crippen LogP contribution is 2.31. The first-order valence-corrected chi connectivity index (χ1v) is 5.24. The van der Waals surface area contributed by atoms with E-state index >= 15 is 0 Å². The Morgan fingerprint density at radius 3 is 3.11 bits per heavy atom. The lowest BCUT2D eigenvalue weighted by Crippen LogP contribution is -2.16. The molecule has 8 heteroatoms. The molecule has 94 valence electrons. The van der Waals surface area contributed by atoms with E-state index in [1.165, 1.54) is 23.3 Å². The van der Waals surface area contributed by atoms with Gasteiger partial charge < -0.3 is 14.8 Å². The molecule has 2 aromatic rings. The van der Waals surface area contributed by atoms with E-state index in [0.29, 0.717) is 0 Å². The molecule has 7 nitrogen and oxygen atoms in total. The Balaban J connectivity index is 2.09. The smallest absolute Gasteiger partial charge is 0.278 e. The van der Waals surface area contributed by atoms with Gasteiger partial charge in [-0.15, -0.1) is 0 Å². The Bertz CT molecular complexity index is 677. The number of aromatic amines is 1. The van der Waals surface area contributed by atoms with Crippen LogP contribution in [0.1, 0.15) is 6.23 Å². The van der Waals surface area contributed by atoms with Crippen LogP contribution >= 0.6 is 0 Å². The van der Waals surface area contributed by atoms with Crippen LogP contribution in [-0.2, 0) is 4.74 Å². The first-order valence-electron chi connectivity index (χ1n) is 5.24. The van der Waals surface area contributed by atoms with Crippen LogP contribution in [0.2, 0.25) is 0 Å². The van der Waals surface area contributed by atoms with Crippen LogP contribution in [0.25, 0.3) is 11.2 Å². The van der Waals surface area contributed by atoms with Gasteiger partial charge >= 0.3 is 0 Å². The second-order valence-corrected chi connectivity index (χ2v) is 3.82. The quantitative estimate of drug-likeness (QED) is 0.776. The van der Waals surface area contributed by atoms with Gasteiger partial charge in [-0.1, -0.05) is 0 Å². The number of rotatable bonds is 2. The number of hydrogen-bond acceptors (Lipinski definition) is 5. The van der Waals surface area contributed by atoms with Gasteiger partial charge in [-0.3, -0.25) is 9.36 Å². The number of halogens is 1. The maximum atomic E-state index is 13.7. The minimum atomic E-state index is -1.04. The molecule has 0 radical (unpaired) electrons. The molecule has 18 heavy (non-hydrogen) atoms. The third-order valence-corrected chi connectivity index (χ3v) is 2.68. The lowest BCUT2D eigenvalue weighted by molar-refractivity contribution is -0.0174. The van der Waals surface area contributed by atoms with Gasteiger partial charge in [0.1, 0.15) is 11.9 Å². The van der Waals surface area contributed by atoms with Crippen molar-refractivity contribution in [2.75, 3.05) is 6.61 Å². The molecular formula is C10H9FN4O3. The molecule has 0 aliphatic carbocycles. The predicted molar refractivity (Wildman–Crippen MR) is 58.3 cm³/mol. The number of H-pyrrole nitrogens is 1. The van der Waals surface area contributed by atoms with Gasteiger partial charge in [-0.05, 0) is 6.08 Å². The lowest BCUT2D eigenvalue weighted by Gasteiger charge is -2.14. The van der Waals surface area contributed by atoms with E-state index in [1.54, 1.807) is 0 Å². The van der Waals surface area contributed by atoms with E-state index in [-0.39, 0.29) is 17.8 Å². The van der Waals surface area contributed by atoms with Crippen LogP contribution in [0.15, 0.2) is 29.4 Å². The number of ether oxygens (including phenoxy) is 1. The highest BCUT2D eigenvalue weighted by atomic mass is 19.1. The molecular weight excluding hydrogens is 243 g/mol. The SMILES string of the molecule is O=c1[nH]cnc2c1ncn2[C@@H]1O[C@H](CO)C=C1F. The number of hydrogen-bond donors (Lipinski definition) is 2. The fourth-order valence-corrected chi connectivity index (χ4v) is 1.86. The molecule has 0 unspecified atom stereocenters. The normalized spacial score (nSPS) is 23.6. The van der Waals surface area contributed by atoms with Crippen molar-refractivity contribution in [3.05, 3.63) is 34.9 Å². The van der Waals surface area contributed by atoms with Gasteiger partial charge in [-0.2, -0.15) is 0 Å². The first kappa shape index (κ1) is 11.1. The van der Waals surface area contributed by atoms with E-state index in [9.17, 15) is 9.18 Å². The number of imidazole rings is 1. The summed E-state index contributed by atoms with van der Waals surface area (Å²) in [6.45, 7) is -0.315. The average Bonchev–Trinajstić information content (AvgIpc) is 2.93. The molecule has 3 heterocycles. The molecule has 1 aliphatic rings. The van der Waals surface area contributed by atoms with Crippen molar-refractivity contribution >= 4 is 11.2 Å². The van der Waals surface area contributed by atoms with Crippen molar-refractivity contribution in [2.24, 2.45) is 0 Å². The fraction of sp³-hybridized carbons (Fsp3) is 0.300. The number of fused-ring (bicyclic) bond motifs is 1. The summed E-state index contributed by atoms with van der Waals surface area (Å²) in [6, 6.07) is 0. The third kappa shape index (κ3) is 1.54. The molecule has 2 aromatic heterocycles. The zero-order chi connectivity index (χ0) is 12.7. The largest absolute Gasteiger partial charge is 0.393 e. The minimum Gasteiger partial charge on any atom is -0.393 e. The predicted octanol–water partition coefficient (Wildman–Crippen LogP) is -0.137. The van der Waals surface area contributed by atoms with Crippen molar-refractivity contribution < 1.29 is 14.2 Å². The van der Waals surface area contributed by atoms with E-state index in [4.69, 9.17) is 9.84 Å². The molecule has 0 saturated carbocycles. The summed E-state index contributed by atoms with van der Waals surface area (Å²) in [6.07, 6.45) is 1.94. The Kier molecular flexibility index (Phi) is 2.46. The summed E-state index contributed by atoms with van der Waals surface area (Å²) in [5, 5.41) is 8.92. The van der Waals surface area contributed by atoms with E-state index < -0.39 is 23.7 Å². The zero-order valence-electron chi connectivity index (χ0n) is 9.08. The monoisotopic (exact) mass is 252 g/mol. The summed E-state index contributed by atoms with van der Waals surface area (Å²) < 4.78 is 20.3. The highest BCUT2D eigenvalue weighted by Gasteiger charge is 2.30. The maximum Gasteiger partial charge on any atom is 0.278 e. The average molecular weight is 252 g/mol. The van der Waals surface area contributed by atoms with Crippen molar-refractivity contribution in [2.45, 2.75) is 12.3 Å². The second kappa shape index (κ2) is 4.00. The summed E-state index contributed by atoms with van der Waals surface area (Å²) in [5.41, 5.74) is -0.0629.